The number of thiazole rings is 1. The second-order valence-corrected chi connectivity index (χ2v) is 10.5. The smallest absolute Gasteiger partial charge is 0.291 e. The van der Waals surface area contributed by atoms with E-state index in [-0.39, 0.29) is 5.56 Å². The molecule has 0 aliphatic rings. The van der Waals surface area contributed by atoms with Crippen LogP contribution in [0.5, 0.6) is 5.75 Å². The van der Waals surface area contributed by atoms with Gasteiger partial charge in [0.05, 0.1) is 16.8 Å². The number of thiophene rings is 1. The quantitative estimate of drug-likeness (QED) is 0.254. The van der Waals surface area contributed by atoms with Gasteiger partial charge in [0.25, 0.3) is 5.56 Å². The highest BCUT2D eigenvalue weighted by atomic mass is 32.1. The summed E-state index contributed by atoms with van der Waals surface area (Å²) >= 11 is 2.95. The molecule has 38 heavy (non-hydrogen) atoms. The van der Waals surface area contributed by atoms with Gasteiger partial charge in [0.1, 0.15) is 11.4 Å². The largest absolute Gasteiger partial charge is 0.494 e. The third-order valence-electron chi connectivity index (χ3n) is 5.79. The van der Waals surface area contributed by atoms with Crippen LogP contribution in [0.4, 0.5) is 0 Å². The molecule has 0 saturated heterocycles. The number of hydrogen-bond donors (Lipinski definition) is 0. The Labute approximate surface area is 226 Å². The molecule has 0 aliphatic heterocycles. The average Bonchev–Trinajstić information content (AvgIpc) is 3.74. The molecule has 0 N–H and O–H groups in total. The Bertz CT molecular complexity index is 1820. The Kier molecular flexibility index (Phi) is 6.68. The maximum absolute atomic E-state index is 13.2. The number of para-hydroxylation sites is 1. The topological polar surface area (TPSA) is 74.3 Å². The van der Waals surface area contributed by atoms with Crippen molar-refractivity contribution in [1.82, 2.24) is 24.4 Å². The van der Waals surface area contributed by atoms with Crippen LogP contribution in [0.2, 0.25) is 0 Å². The fourth-order valence-electron chi connectivity index (χ4n) is 3.96. The molecule has 0 fully saturated rings. The molecule has 0 radical (unpaired) electrons. The second kappa shape index (κ2) is 10.6. The van der Waals surface area contributed by atoms with Crippen molar-refractivity contribution in [2.45, 2.75) is 13.3 Å². The highest BCUT2D eigenvalue weighted by Gasteiger charge is 2.14. The molecule has 2 aromatic carbocycles. The molecule has 0 aliphatic carbocycles. The fourth-order valence-corrected chi connectivity index (χ4v) is 5.49. The van der Waals surface area contributed by atoms with Crippen LogP contribution in [0.1, 0.15) is 29.6 Å². The summed E-state index contributed by atoms with van der Waals surface area (Å²) < 4.78 is 9.49. The minimum atomic E-state index is -0.199. The van der Waals surface area contributed by atoms with Crippen molar-refractivity contribution in [2.24, 2.45) is 0 Å². The summed E-state index contributed by atoms with van der Waals surface area (Å²) in [4.78, 5) is 19.4. The Morgan fingerprint density at radius 1 is 0.974 bits per heavy atom. The van der Waals surface area contributed by atoms with Crippen molar-refractivity contribution >= 4 is 45.9 Å². The normalized spacial score (nSPS) is 12.2. The van der Waals surface area contributed by atoms with Crippen molar-refractivity contribution in [3.8, 4) is 22.7 Å². The average molecular weight is 538 g/mol. The third-order valence-corrected chi connectivity index (χ3v) is 7.59. The van der Waals surface area contributed by atoms with Crippen LogP contribution in [0.25, 0.3) is 40.1 Å². The minimum absolute atomic E-state index is 0.199. The maximum Gasteiger partial charge on any atom is 0.291 e. The number of nitrogens with zero attached hydrogens (tertiary/aromatic N) is 5. The van der Waals surface area contributed by atoms with Crippen molar-refractivity contribution < 1.29 is 4.74 Å². The summed E-state index contributed by atoms with van der Waals surface area (Å²) in [6, 6.07) is 21.8. The first-order chi connectivity index (χ1) is 18.7. The van der Waals surface area contributed by atoms with E-state index in [2.05, 4.69) is 17.0 Å². The van der Waals surface area contributed by atoms with Gasteiger partial charge in [-0.2, -0.15) is 14.6 Å². The van der Waals surface area contributed by atoms with Gasteiger partial charge in [-0.1, -0.05) is 42.5 Å². The summed E-state index contributed by atoms with van der Waals surface area (Å²) in [7, 11) is 0. The lowest BCUT2D eigenvalue weighted by Gasteiger charge is -2.05. The number of benzene rings is 2. The van der Waals surface area contributed by atoms with Gasteiger partial charge in [-0.05, 0) is 72.5 Å². The fraction of sp³-hybridized carbons (Fsp3) is 0.103. The van der Waals surface area contributed by atoms with E-state index >= 15 is 0 Å². The molecule has 0 spiro atoms. The van der Waals surface area contributed by atoms with Gasteiger partial charge in [0.15, 0.2) is 5.82 Å². The number of aromatic nitrogens is 5. The van der Waals surface area contributed by atoms with E-state index in [0.717, 1.165) is 39.6 Å². The minimum Gasteiger partial charge on any atom is -0.494 e. The zero-order chi connectivity index (χ0) is 25.9. The van der Waals surface area contributed by atoms with Crippen LogP contribution < -0.4 is 14.8 Å². The predicted octanol–water partition coefficient (Wildman–Crippen LogP) is 5.57. The molecule has 188 valence electrons. The van der Waals surface area contributed by atoms with Crippen LogP contribution in [0, 0.1) is 0 Å². The first-order valence-corrected chi connectivity index (χ1v) is 13.9. The molecule has 6 rings (SSSR count). The molecule has 4 heterocycles. The van der Waals surface area contributed by atoms with Crippen molar-refractivity contribution in [3.63, 3.8) is 0 Å². The molecule has 0 atom stereocenters. The summed E-state index contributed by atoms with van der Waals surface area (Å²) in [5.74, 6) is 1.33. The van der Waals surface area contributed by atoms with E-state index < -0.39 is 0 Å². The van der Waals surface area contributed by atoms with E-state index in [9.17, 15) is 4.79 Å². The molecule has 0 bridgehead atoms. The lowest BCUT2D eigenvalue weighted by Crippen LogP contribution is -2.23. The number of fused-ring (bicyclic) bond motifs is 1. The van der Waals surface area contributed by atoms with Gasteiger partial charge >= 0.3 is 0 Å². The van der Waals surface area contributed by atoms with Gasteiger partial charge in [0.2, 0.25) is 4.96 Å². The molecule has 0 amide bonds. The standard InChI is InChI=1S/C29H23N5O2S2/c1-2-16-36-23-12-10-20(11-13-23)27-21(19-33(32-27)22-7-4-3-5-8-22)18-25-28(35)34-29(38-25)30-26(31-34)15-14-24-9-6-17-37-24/h3-15,17-19H,2,16H2,1H3/b15-14+,25-18-. The summed E-state index contributed by atoms with van der Waals surface area (Å²) in [5, 5.41) is 11.3. The maximum atomic E-state index is 13.2. The van der Waals surface area contributed by atoms with Gasteiger partial charge in [-0.15, -0.1) is 16.4 Å². The van der Waals surface area contributed by atoms with Crippen LogP contribution in [-0.4, -0.2) is 31.0 Å². The van der Waals surface area contributed by atoms with Gasteiger partial charge in [0, 0.05) is 22.2 Å². The predicted molar refractivity (Wildman–Crippen MR) is 154 cm³/mol. The number of hydrogen-bond acceptors (Lipinski definition) is 7. The lowest BCUT2D eigenvalue weighted by atomic mass is 10.1. The SMILES string of the molecule is CCCOc1ccc(-c2nn(-c3ccccc3)cc2/C=c2\sc3nc(/C=C/c4cccs4)nn3c2=O)cc1. The highest BCUT2D eigenvalue weighted by Crippen LogP contribution is 2.26. The first kappa shape index (κ1) is 24.0. The summed E-state index contributed by atoms with van der Waals surface area (Å²) in [6.07, 6.45) is 8.53. The monoisotopic (exact) mass is 537 g/mol. The van der Waals surface area contributed by atoms with Crippen LogP contribution >= 0.6 is 22.7 Å². The van der Waals surface area contributed by atoms with E-state index in [4.69, 9.17) is 9.84 Å². The molecular formula is C29H23N5O2S2. The second-order valence-electron chi connectivity index (χ2n) is 8.51. The molecule has 4 aromatic heterocycles. The third kappa shape index (κ3) is 4.93. The van der Waals surface area contributed by atoms with Crippen LogP contribution in [-0.2, 0) is 0 Å². The van der Waals surface area contributed by atoms with Gasteiger partial charge in [-0.3, -0.25) is 4.79 Å². The van der Waals surface area contributed by atoms with Crippen molar-refractivity contribution in [1.29, 1.82) is 0 Å². The highest BCUT2D eigenvalue weighted by molar-refractivity contribution is 7.15. The summed E-state index contributed by atoms with van der Waals surface area (Å²) in [6.45, 7) is 2.75. The molecule has 0 unspecified atom stereocenters. The van der Waals surface area contributed by atoms with Crippen LogP contribution in [0.15, 0.2) is 83.1 Å². The van der Waals surface area contributed by atoms with Crippen molar-refractivity contribution in [3.05, 3.63) is 109 Å². The zero-order valence-corrected chi connectivity index (χ0v) is 22.2. The number of ether oxygens (including phenoxy) is 1. The van der Waals surface area contributed by atoms with E-state index in [1.807, 2.05) is 101 Å². The van der Waals surface area contributed by atoms with Gasteiger partial charge in [-0.25, -0.2) is 4.68 Å². The lowest BCUT2D eigenvalue weighted by molar-refractivity contribution is 0.317. The Hall–Kier alpha value is -4.34. The Balaban J connectivity index is 1.40. The zero-order valence-electron chi connectivity index (χ0n) is 20.5. The first-order valence-electron chi connectivity index (χ1n) is 12.2. The van der Waals surface area contributed by atoms with Crippen molar-refractivity contribution in [2.75, 3.05) is 6.61 Å². The Morgan fingerprint density at radius 3 is 2.55 bits per heavy atom. The molecule has 0 saturated carbocycles. The molecule has 6 aromatic rings. The van der Waals surface area contributed by atoms with E-state index in [1.165, 1.54) is 15.9 Å². The van der Waals surface area contributed by atoms with Gasteiger partial charge < -0.3 is 4.74 Å². The van der Waals surface area contributed by atoms with Crippen LogP contribution in [0.3, 0.4) is 0 Å². The van der Waals surface area contributed by atoms with E-state index in [0.29, 0.717) is 21.9 Å². The molecule has 7 nitrogen and oxygen atoms in total. The molecule has 9 heteroatoms. The van der Waals surface area contributed by atoms with E-state index in [1.54, 1.807) is 11.3 Å². The number of rotatable bonds is 8. The molecular weight excluding hydrogens is 514 g/mol. The Morgan fingerprint density at radius 2 is 1.82 bits per heavy atom. The summed E-state index contributed by atoms with van der Waals surface area (Å²) in [5.41, 5.74) is 3.27.